The SMILES string of the molecule is Cl.O=C(NCC(O)c1ccccc1Cl)C1CSCN1. The van der Waals surface area contributed by atoms with E-state index >= 15 is 0 Å². The molecule has 1 amide bonds. The van der Waals surface area contributed by atoms with Gasteiger partial charge in [0.05, 0.1) is 12.1 Å². The summed E-state index contributed by atoms with van der Waals surface area (Å²) < 4.78 is 0. The Labute approximate surface area is 127 Å². The Morgan fingerprint density at radius 2 is 2.32 bits per heavy atom. The average Bonchev–Trinajstić information content (AvgIpc) is 2.90. The van der Waals surface area contributed by atoms with E-state index in [-0.39, 0.29) is 30.9 Å². The quantitative estimate of drug-likeness (QED) is 0.787. The number of carbonyl (C=O) groups is 1. The van der Waals surface area contributed by atoms with Crippen molar-refractivity contribution in [2.75, 3.05) is 18.2 Å². The fourth-order valence-corrected chi connectivity index (χ4v) is 2.94. The number of rotatable bonds is 4. The first-order valence-electron chi connectivity index (χ1n) is 5.70. The highest BCUT2D eigenvalue weighted by Gasteiger charge is 2.23. The highest BCUT2D eigenvalue weighted by Crippen LogP contribution is 2.21. The molecule has 1 aliphatic rings. The monoisotopic (exact) mass is 322 g/mol. The van der Waals surface area contributed by atoms with Gasteiger partial charge in [0.15, 0.2) is 0 Å². The van der Waals surface area contributed by atoms with Crippen LogP contribution in [0.2, 0.25) is 5.02 Å². The van der Waals surface area contributed by atoms with Gasteiger partial charge < -0.3 is 10.4 Å². The average molecular weight is 323 g/mol. The predicted molar refractivity (Wildman–Crippen MR) is 80.9 cm³/mol. The minimum atomic E-state index is -0.781. The summed E-state index contributed by atoms with van der Waals surface area (Å²) in [4.78, 5) is 11.7. The van der Waals surface area contributed by atoms with E-state index in [1.54, 1.807) is 36.0 Å². The van der Waals surface area contributed by atoms with Gasteiger partial charge in [0.2, 0.25) is 5.91 Å². The number of nitrogens with one attached hydrogen (secondary N) is 2. The van der Waals surface area contributed by atoms with Crippen molar-refractivity contribution in [2.45, 2.75) is 12.1 Å². The molecule has 2 atom stereocenters. The van der Waals surface area contributed by atoms with Crippen molar-refractivity contribution in [3.8, 4) is 0 Å². The van der Waals surface area contributed by atoms with Gasteiger partial charge in [-0.25, -0.2) is 0 Å². The van der Waals surface area contributed by atoms with E-state index in [0.29, 0.717) is 10.6 Å². The summed E-state index contributed by atoms with van der Waals surface area (Å²) in [5.41, 5.74) is 0.633. The highest BCUT2D eigenvalue weighted by molar-refractivity contribution is 7.99. The first-order valence-corrected chi connectivity index (χ1v) is 7.23. The Bertz CT molecular complexity index is 428. The molecule has 1 aliphatic heterocycles. The summed E-state index contributed by atoms with van der Waals surface area (Å²) >= 11 is 7.66. The van der Waals surface area contributed by atoms with Gasteiger partial charge in [0.1, 0.15) is 0 Å². The number of benzene rings is 1. The Morgan fingerprint density at radius 3 is 2.95 bits per heavy atom. The van der Waals surface area contributed by atoms with Crippen LogP contribution < -0.4 is 10.6 Å². The number of halogens is 2. The van der Waals surface area contributed by atoms with Crippen molar-refractivity contribution < 1.29 is 9.90 Å². The number of amides is 1. The minimum absolute atomic E-state index is 0. The molecule has 0 radical (unpaired) electrons. The summed E-state index contributed by atoms with van der Waals surface area (Å²) in [6, 6.07) is 6.92. The fraction of sp³-hybridized carbons (Fsp3) is 0.417. The van der Waals surface area contributed by atoms with E-state index in [0.717, 1.165) is 11.6 Å². The van der Waals surface area contributed by atoms with Crippen molar-refractivity contribution >= 4 is 41.7 Å². The number of aliphatic hydroxyl groups is 1. The van der Waals surface area contributed by atoms with Gasteiger partial charge in [-0.3, -0.25) is 10.1 Å². The third-order valence-corrected chi connectivity index (χ3v) is 4.05. The lowest BCUT2D eigenvalue weighted by Gasteiger charge is -2.15. The number of hydrogen-bond donors (Lipinski definition) is 3. The van der Waals surface area contributed by atoms with Crippen LogP contribution in [-0.2, 0) is 4.79 Å². The molecule has 1 aromatic carbocycles. The Morgan fingerprint density at radius 1 is 1.58 bits per heavy atom. The number of aliphatic hydroxyl groups excluding tert-OH is 1. The van der Waals surface area contributed by atoms with Crippen molar-refractivity contribution in [2.24, 2.45) is 0 Å². The topological polar surface area (TPSA) is 61.4 Å². The summed E-state index contributed by atoms with van der Waals surface area (Å²) in [7, 11) is 0. The third-order valence-electron chi connectivity index (χ3n) is 2.77. The molecule has 4 nitrogen and oxygen atoms in total. The van der Waals surface area contributed by atoms with Crippen LogP contribution >= 0.6 is 35.8 Å². The molecular weight excluding hydrogens is 307 g/mol. The molecule has 7 heteroatoms. The van der Waals surface area contributed by atoms with E-state index in [9.17, 15) is 9.90 Å². The Kier molecular flexibility index (Phi) is 6.96. The second-order valence-corrected chi connectivity index (χ2v) is 5.49. The van der Waals surface area contributed by atoms with Crippen LogP contribution in [0, 0.1) is 0 Å². The standard InChI is InChI=1S/C12H15ClN2O2S.ClH/c13-9-4-2-1-3-8(9)11(16)5-14-12(17)10-6-18-7-15-10;/h1-4,10-11,15-16H,5-7H2,(H,14,17);1H. The molecule has 0 aliphatic carbocycles. The maximum Gasteiger partial charge on any atom is 0.238 e. The summed E-state index contributed by atoms with van der Waals surface area (Å²) in [5.74, 6) is 1.49. The minimum Gasteiger partial charge on any atom is -0.387 e. The zero-order valence-corrected chi connectivity index (χ0v) is 12.5. The molecule has 19 heavy (non-hydrogen) atoms. The normalized spacial score (nSPS) is 19.6. The van der Waals surface area contributed by atoms with Crippen molar-refractivity contribution in [1.29, 1.82) is 0 Å². The van der Waals surface area contributed by atoms with E-state index in [1.165, 1.54) is 0 Å². The second-order valence-electron chi connectivity index (χ2n) is 4.05. The molecule has 1 saturated heterocycles. The molecule has 0 saturated carbocycles. The lowest BCUT2D eigenvalue weighted by molar-refractivity contribution is -0.122. The number of carbonyl (C=O) groups excluding carboxylic acids is 1. The second kappa shape index (κ2) is 7.97. The summed E-state index contributed by atoms with van der Waals surface area (Å²) in [5, 5.41) is 16.3. The Hall–Kier alpha value is -0.460. The highest BCUT2D eigenvalue weighted by atomic mass is 35.5. The maximum absolute atomic E-state index is 11.7. The molecule has 106 valence electrons. The zero-order chi connectivity index (χ0) is 13.0. The van der Waals surface area contributed by atoms with Crippen molar-refractivity contribution in [1.82, 2.24) is 10.6 Å². The van der Waals surface area contributed by atoms with Crippen LogP contribution in [0.4, 0.5) is 0 Å². The van der Waals surface area contributed by atoms with Crippen LogP contribution in [-0.4, -0.2) is 35.2 Å². The summed E-state index contributed by atoms with van der Waals surface area (Å²) in [6.45, 7) is 0.172. The third kappa shape index (κ3) is 4.54. The van der Waals surface area contributed by atoms with Gasteiger partial charge in [0, 0.05) is 28.8 Å². The molecular formula is C12H16Cl2N2O2S. The first kappa shape index (κ1) is 16.6. The molecule has 1 heterocycles. The molecule has 0 bridgehead atoms. The molecule has 1 aromatic rings. The van der Waals surface area contributed by atoms with Gasteiger partial charge in [-0.1, -0.05) is 29.8 Å². The van der Waals surface area contributed by atoms with Gasteiger partial charge in [-0.15, -0.1) is 24.2 Å². The van der Waals surface area contributed by atoms with Crippen LogP contribution in [0.15, 0.2) is 24.3 Å². The molecule has 0 aromatic heterocycles. The largest absolute Gasteiger partial charge is 0.387 e. The number of thioether (sulfide) groups is 1. The predicted octanol–water partition coefficient (Wildman–Crippen LogP) is 1.57. The van der Waals surface area contributed by atoms with Crippen LogP contribution in [0.3, 0.4) is 0 Å². The molecule has 1 fully saturated rings. The molecule has 3 N–H and O–H groups in total. The van der Waals surface area contributed by atoms with Gasteiger partial charge >= 0.3 is 0 Å². The number of hydrogen-bond acceptors (Lipinski definition) is 4. The molecule has 2 rings (SSSR count). The molecule has 0 spiro atoms. The molecule has 2 unspecified atom stereocenters. The smallest absolute Gasteiger partial charge is 0.238 e. The van der Waals surface area contributed by atoms with Crippen LogP contribution in [0.5, 0.6) is 0 Å². The van der Waals surface area contributed by atoms with Gasteiger partial charge in [-0.05, 0) is 6.07 Å². The van der Waals surface area contributed by atoms with Crippen LogP contribution in [0.1, 0.15) is 11.7 Å². The van der Waals surface area contributed by atoms with Gasteiger partial charge in [0.25, 0.3) is 0 Å². The van der Waals surface area contributed by atoms with E-state index in [2.05, 4.69) is 10.6 Å². The summed E-state index contributed by atoms with van der Waals surface area (Å²) in [6.07, 6.45) is -0.781. The Balaban J connectivity index is 0.00000180. The zero-order valence-electron chi connectivity index (χ0n) is 10.1. The maximum atomic E-state index is 11.7. The first-order chi connectivity index (χ1) is 8.68. The van der Waals surface area contributed by atoms with E-state index < -0.39 is 6.10 Å². The van der Waals surface area contributed by atoms with Gasteiger partial charge in [-0.2, -0.15) is 0 Å². The lowest BCUT2D eigenvalue weighted by Crippen LogP contribution is -2.43. The van der Waals surface area contributed by atoms with E-state index in [4.69, 9.17) is 11.6 Å². The van der Waals surface area contributed by atoms with E-state index in [1.807, 2.05) is 0 Å². The fourth-order valence-electron chi connectivity index (χ4n) is 1.74. The lowest BCUT2D eigenvalue weighted by atomic mass is 10.1. The van der Waals surface area contributed by atoms with Crippen LogP contribution in [0.25, 0.3) is 0 Å². The van der Waals surface area contributed by atoms with Crippen molar-refractivity contribution in [3.63, 3.8) is 0 Å². The van der Waals surface area contributed by atoms with Crippen molar-refractivity contribution in [3.05, 3.63) is 34.9 Å².